The van der Waals surface area contributed by atoms with Crippen LogP contribution in [0.4, 0.5) is 0 Å². The molecule has 0 amide bonds. The van der Waals surface area contributed by atoms with E-state index in [9.17, 15) is 0 Å². The Labute approximate surface area is 93.4 Å². The largest absolute Gasteiger partial charge is 0.314 e. The van der Waals surface area contributed by atoms with Crippen LogP contribution in [-0.4, -0.2) is 24.1 Å². The van der Waals surface area contributed by atoms with Gasteiger partial charge in [-0.25, -0.2) is 0 Å². The van der Waals surface area contributed by atoms with Crippen LogP contribution in [0.25, 0.3) is 0 Å². The van der Waals surface area contributed by atoms with E-state index in [2.05, 4.69) is 25.4 Å². The van der Waals surface area contributed by atoms with Crippen molar-refractivity contribution in [2.75, 3.05) is 12.8 Å². The molecule has 14 heavy (non-hydrogen) atoms. The normalized spacial score (nSPS) is 30.2. The van der Waals surface area contributed by atoms with Crippen LogP contribution in [0.2, 0.25) is 0 Å². The first-order valence-corrected chi connectivity index (χ1v) is 7.31. The fourth-order valence-electron chi connectivity index (χ4n) is 2.01. The molecule has 0 aromatic rings. The van der Waals surface area contributed by atoms with Crippen LogP contribution < -0.4 is 5.32 Å². The van der Waals surface area contributed by atoms with E-state index in [0.29, 0.717) is 0 Å². The molecule has 0 heterocycles. The van der Waals surface area contributed by atoms with Gasteiger partial charge in [-0.05, 0) is 44.4 Å². The second kappa shape index (κ2) is 6.73. The van der Waals surface area contributed by atoms with E-state index in [0.717, 1.165) is 17.2 Å². The molecule has 1 aliphatic carbocycles. The molecule has 1 N–H and O–H groups in total. The van der Waals surface area contributed by atoms with Gasteiger partial charge in [0.1, 0.15) is 0 Å². The Morgan fingerprint density at radius 1 is 1.29 bits per heavy atom. The van der Waals surface area contributed by atoms with Gasteiger partial charge in [0.2, 0.25) is 0 Å². The van der Waals surface area contributed by atoms with E-state index in [4.69, 9.17) is 0 Å². The Bertz CT molecular complexity index is 141. The number of thioether (sulfide) groups is 1. The Kier molecular flexibility index (Phi) is 5.95. The highest BCUT2D eigenvalue weighted by Crippen LogP contribution is 2.26. The smallest absolute Gasteiger partial charge is 0.00679 e. The zero-order valence-corrected chi connectivity index (χ0v) is 10.7. The van der Waals surface area contributed by atoms with E-state index in [1.807, 2.05) is 11.8 Å². The van der Waals surface area contributed by atoms with Crippen LogP contribution in [0.5, 0.6) is 0 Å². The van der Waals surface area contributed by atoms with Gasteiger partial charge in [-0.15, -0.1) is 0 Å². The average Bonchev–Trinajstić information content (AvgIpc) is 2.26. The van der Waals surface area contributed by atoms with Crippen molar-refractivity contribution in [1.82, 2.24) is 5.32 Å². The Balaban J connectivity index is 2.10. The lowest BCUT2D eigenvalue weighted by molar-refractivity contribution is 0.355. The second-order valence-corrected chi connectivity index (χ2v) is 5.77. The van der Waals surface area contributed by atoms with Gasteiger partial charge in [0.05, 0.1) is 0 Å². The van der Waals surface area contributed by atoms with Gasteiger partial charge in [0.15, 0.2) is 0 Å². The number of hydrogen-bond donors (Lipinski definition) is 1. The lowest BCUT2D eigenvalue weighted by Gasteiger charge is -2.29. The summed E-state index contributed by atoms with van der Waals surface area (Å²) >= 11 is 2.05. The molecule has 0 aliphatic heterocycles. The third kappa shape index (κ3) is 4.22. The van der Waals surface area contributed by atoms with Crippen molar-refractivity contribution in [1.29, 1.82) is 0 Å². The predicted molar refractivity (Wildman–Crippen MR) is 67.0 cm³/mol. The minimum absolute atomic E-state index is 0.812. The first kappa shape index (κ1) is 12.4. The maximum Gasteiger partial charge on any atom is 0.00679 e. The van der Waals surface area contributed by atoms with E-state index < -0.39 is 0 Å². The summed E-state index contributed by atoms with van der Waals surface area (Å²) in [4.78, 5) is 0. The molecule has 1 aliphatic rings. The molecular weight excluding hydrogens is 190 g/mol. The van der Waals surface area contributed by atoms with Gasteiger partial charge in [0, 0.05) is 11.3 Å². The van der Waals surface area contributed by atoms with Crippen LogP contribution in [-0.2, 0) is 0 Å². The Morgan fingerprint density at radius 2 is 1.93 bits per heavy atom. The van der Waals surface area contributed by atoms with Crippen molar-refractivity contribution in [3.8, 4) is 0 Å². The van der Waals surface area contributed by atoms with Gasteiger partial charge in [-0.2, -0.15) is 11.8 Å². The Hall–Kier alpha value is 0.310. The minimum Gasteiger partial charge on any atom is -0.314 e. The maximum absolute atomic E-state index is 3.71. The molecule has 1 fully saturated rings. The van der Waals surface area contributed by atoms with E-state index >= 15 is 0 Å². The number of rotatable bonds is 5. The van der Waals surface area contributed by atoms with Gasteiger partial charge < -0.3 is 5.32 Å². The van der Waals surface area contributed by atoms with E-state index in [-0.39, 0.29) is 0 Å². The van der Waals surface area contributed by atoms with Crippen molar-refractivity contribution in [2.45, 2.75) is 57.2 Å². The SMILES string of the molecule is CCC(C)CNC1CCC(SC)CC1. The summed E-state index contributed by atoms with van der Waals surface area (Å²) in [6.07, 6.45) is 9.16. The zero-order valence-electron chi connectivity index (χ0n) is 9.88. The molecule has 1 unspecified atom stereocenters. The maximum atomic E-state index is 3.71. The van der Waals surface area contributed by atoms with E-state index in [1.165, 1.54) is 38.6 Å². The highest BCUT2D eigenvalue weighted by atomic mass is 32.2. The van der Waals surface area contributed by atoms with Crippen molar-refractivity contribution >= 4 is 11.8 Å². The fraction of sp³-hybridized carbons (Fsp3) is 1.00. The summed E-state index contributed by atoms with van der Waals surface area (Å²) in [5.41, 5.74) is 0. The van der Waals surface area contributed by atoms with Crippen molar-refractivity contribution in [3.05, 3.63) is 0 Å². The summed E-state index contributed by atoms with van der Waals surface area (Å²) in [5, 5.41) is 4.65. The third-order valence-corrected chi connectivity index (χ3v) is 4.60. The third-order valence-electron chi connectivity index (χ3n) is 3.46. The standard InChI is InChI=1S/C12H25NS/c1-4-10(2)9-13-11-5-7-12(14-3)8-6-11/h10-13H,4-9H2,1-3H3. The summed E-state index contributed by atoms with van der Waals surface area (Å²) in [5.74, 6) is 0.841. The Morgan fingerprint density at radius 3 is 2.43 bits per heavy atom. The van der Waals surface area contributed by atoms with Crippen molar-refractivity contribution in [3.63, 3.8) is 0 Å². The molecule has 1 rings (SSSR count). The number of nitrogens with one attached hydrogen (secondary N) is 1. The molecule has 1 saturated carbocycles. The topological polar surface area (TPSA) is 12.0 Å². The summed E-state index contributed by atoms with van der Waals surface area (Å²) in [6.45, 7) is 5.82. The molecule has 0 aromatic carbocycles. The van der Waals surface area contributed by atoms with Gasteiger partial charge in [-0.3, -0.25) is 0 Å². The van der Waals surface area contributed by atoms with Crippen LogP contribution >= 0.6 is 11.8 Å². The first-order chi connectivity index (χ1) is 6.76. The monoisotopic (exact) mass is 215 g/mol. The van der Waals surface area contributed by atoms with E-state index in [1.54, 1.807) is 0 Å². The van der Waals surface area contributed by atoms with Gasteiger partial charge in [0.25, 0.3) is 0 Å². The van der Waals surface area contributed by atoms with Crippen molar-refractivity contribution < 1.29 is 0 Å². The molecule has 2 heteroatoms. The van der Waals surface area contributed by atoms with Crippen LogP contribution in [0.15, 0.2) is 0 Å². The van der Waals surface area contributed by atoms with Crippen LogP contribution in [0.3, 0.4) is 0 Å². The van der Waals surface area contributed by atoms with Gasteiger partial charge in [-0.1, -0.05) is 20.3 Å². The molecule has 1 nitrogen and oxygen atoms in total. The molecule has 0 aromatic heterocycles. The second-order valence-electron chi connectivity index (χ2n) is 4.63. The van der Waals surface area contributed by atoms with Crippen molar-refractivity contribution in [2.24, 2.45) is 5.92 Å². The summed E-state index contributed by atoms with van der Waals surface area (Å²) in [6, 6.07) is 0.812. The molecule has 1 atom stereocenters. The number of hydrogen-bond acceptors (Lipinski definition) is 2. The molecule has 0 radical (unpaired) electrons. The molecule has 0 bridgehead atoms. The highest BCUT2D eigenvalue weighted by molar-refractivity contribution is 7.99. The fourth-order valence-corrected chi connectivity index (χ4v) is 2.76. The lowest BCUT2D eigenvalue weighted by Crippen LogP contribution is -2.36. The molecule has 84 valence electrons. The predicted octanol–water partition coefficient (Wildman–Crippen LogP) is 3.30. The quantitative estimate of drug-likeness (QED) is 0.755. The lowest BCUT2D eigenvalue weighted by atomic mass is 9.94. The summed E-state index contributed by atoms with van der Waals surface area (Å²) < 4.78 is 0. The highest BCUT2D eigenvalue weighted by Gasteiger charge is 2.19. The molecule has 0 spiro atoms. The van der Waals surface area contributed by atoms with Gasteiger partial charge >= 0.3 is 0 Å². The minimum atomic E-state index is 0.812. The molecule has 0 saturated heterocycles. The average molecular weight is 215 g/mol. The zero-order chi connectivity index (χ0) is 10.4. The van der Waals surface area contributed by atoms with Crippen LogP contribution in [0, 0.1) is 5.92 Å². The molecular formula is C12H25NS. The van der Waals surface area contributed by atoms with Crippen LogP contribution in [0.1, 0.15) is 46.0 Å². The summed E-state index contributed by atoms with van der Waals surface area (Å²) in [7, 11) is 0. The first-order valence-electron chi connectivity index (χ1n) is 6.02.